The number of allylic oxidation sites excluding steroid dienone is 2. The lowest BCUT2D eigenvalue weighted by Gasteiger charge is -2.48. The number of carbonyl (C=O) groups excluding carboxylic acids is 1. The Morgan fingerprint density at radius 3 is 2.59 bits per heavy atom. The smallest absolute Gasteiger partial charge is 0.313 e. The molecular formula is C25H20FN5O3. The molecule has 0 aliphatic heterocycles. The number of aromatic amines is 2. The van der Waals surface area contributed by atoms with Crippen LogP contribution in [0.25, 0.3) is 11.3 Å². The van der Waals surface area contributed by atoms with Gasteiger partial charge < -0.3 is 4.98 Å². The number of nitrogens with one attached hydrogen (secondary N) is 2. The van der Waals surface area contributed by atoms with Gasteiger partial charge in [-0.3, -0.25) is 14.6 Å². The van der Waals surface area contributed by atoms with Gasteiger partial charge in [0.2, 0.25) is 0 Å². The molecule has 3 atom stereocenters. The second-order valence-electron chi connectivity index (χ2n) is 8.78. The first-order valence-corrected chi connectivity index (χ1v) is 10.9. The molecule has 0 bridgehead atoms. The zero-order valence-electron chi connectivity index (χ0n) is 18.5. The van der Waals surface area contributed by atoms with Crippen LogP contribution in [0.3, 0.4) is 0 Å². The van der Waals surface area contributed by atoms with Gasteiger partial charge in [0.05, 0.1) is 27.9 Å². The number of nitriles is 1. The van der Waals surface area contributed by atoms with Gasteiger partial charge in [-0.2, -0.15) is 5.26 Å². The summed E-state index contributed by atoms with van der Waals surface area (Å²) in [7, 11) is 0. The van der Waals surface area contributed by atoms with Crippen molar-refractivity contribution in [3.63, 3.8) is 0 Å². The predicted octanol–water partition coefficient (Wildman–Crippen LogP) is 2.49. The maximum Gasteiger partial charge on any atom is 0.325 e. The third-order valence-electron chi connectivity index (χ3n) is 6.97. The molecule has 0 radical (unpaired) electrons. The number of Topliss-reactive ketones (excluding diaryl/α,β-unsaturated/α-hetero) is 1. The molecule has 0 unspecified atom stereocenters. The number of aryl methyl sites for hydroxylation is 1. The van der Waals surface area contributed by atoms with Crippen molar-refractivity contribution in [3.8, 4) is 17.3 Å². The molecule has 170 valence electrons. The van der Waals surface area contributed by atoms with Crippen molar-refractivity contribution in [3.05, 3.63) is 91.4 Å². The van der Waals surface area contributed by atoms with E-state index in [2.05, 4.69) is 15.0 Å². The number of carbonyl (C=O) groups is 1. The average molecular weight is 457 g/mol. The van der Waals surface area contributed by atoms with Crippen LogP contribution < -0.4 is 11.2 Å². The molecule has 2 aromatic heterocycles. The third kappa shape index (κ3) is 3.06. The topological polar surface area (TPSA) is 132 Å². The highest BCUT2D eigenvalue weighted by Crippen LogP contribution is 2.54. The molecule has 9 heteroatoms. The molecule has 2 aliphatic rings. The van der Waals surface area contributed by atoms with E-state index < -0.39 is 28.4 Å². The maximum absolute atomic E-state index is 13.9. The second-order valence-corrected chi connectivity index (χ2v) is 8.78. The molecular weight excluding hydrogens is 437 g/mol. The average Bonchev–Trinajstić information content (AvgIpc) is 2.81. The highest BCUT2D eigenvalue weighted by atomic mass is 19.1. The molecule has 0 saturated heterocycles. The fourth-order valence-corrected chi connectivity index (χ4v) is 5.48. The van der Waals surface area contributed by atoms with Crippen LogP contribution in [0.5, 0.6) is 0 Å². The van der Waals surface area contributed by atoms with E-state index in [1.165, 1.54) is 18.3 Å². The standard InChI is InChI=1S/C25H20FN5O3/c1-12-19-8-7-17-20(18-11-28-24(34)31-23(18)33)29-13(2)30-22(17)25(19,9-14(10-27)21(12)32)15-3-5-16(26)6-4-15/h3-6,9,11-12,19H,7-8H2,1-2H3,(H2,28,31,33,34)/t12-,19-,25+/m0/s1. The first-order valence-electron chi connectivity index (χ1n) is 10.9. The van der Waals surface area contributed by atoms with Crippen molar-refractivity contribution in [1.29, 1.82) is 5.26 Å². The zero-order chi connectivity index (χ0) is 24.2. The van der Waals surface area contributed by atoms with E-state index in [0.29, 0.717) is 41.2 Å². The maximum atomic E-state index is 13.9. The number of nitrogens with zero attached hydrogens (tertiary/aromatic N) is 3. The van der Waals surface area contributed by atoms with E-state index in [9.17, 15) is 24.0 Å². The molecule has 0 fully saturated rings. The van der Waals surface area contributed by atoms with Crippen LogP contribution in [0, 0.1) is 35.9 Å². The van der Waals surface area contributed by atoms with Gasteiger partial charge in [-0.25, -0.2) is 19.2 Å². The third-order valence-corrected chi connectivity index (χ3v) is 6.97. The van der Waals surface area contributed by atoms with Gasteiger partial charge in [0.1, 0.15) is 17.7 Å². The molecule has 2 aliphatic carbocycles. The molecule has 8 nitrogen and oxygen atoms in total. The van der Waals surface area contributed by atoms with Crippen LogP contribution in [0.15, 0.2) is 51.7 Å². The SMILES string of the molecule is Cc1nc(-c2c[nH]c(=O)[nH]c2=O)c2c(n1)[C@@]1(c3ccc(F)cc3)C=C(C#N)C(=O)[C@@H](C)[C@@H]1CC2. The van der Waals surface area contributed by atoms with Crippen molar-refractivity contribution in [2.24, 2.45) is 11.8 Å². The Balaban J connectivity index is 1.90. The highest BCUT2D eigenvalue weighted by molar-refractivity contribution is 6.02. The molecule has 0 saturated carbocycles. The Morgan fingerprint density at radius 1 is 1.18 bits per heavy atom. The lowest BCUT2D eigenvalue weighted by Crippen LogP contribution is -2.49. The molecule has 0 amide bonds. The van der Waals surface area contributed by atoms with Crippen molar-refractivity contribution in [2.75, 3.05) is 0 Å². The number of fused-ring (bicyclic) bond motifs is 3. The van der Waals surface area contributed by atoms with E-state index in [-0.39, 0.29) is 22.8 Å². The zero-order valence-corrected chi connectivity index (χ0v) is 18.5. The Bertz CT molecular complexity index is 1530. The van der Waals surface area contributed by atoms with Crippen LogP contribution in [0.4, 0.5) is 4.39 Å². The minimum atomic E-state index is -0.989. The molecule has 2 N–H and O–H groups in total. The summed E-state index contributed by atoms with van der Waals surface area (Å²) in [5, 5.41) is 9.76. The van der Waals surface area contributed by atoms with Gasteiger partial charge in [0, 0.05) is 17.7 Å². The summed E-state index contributed by atoms with van der Waals surface area (Å²) in [4.78, 5) is 51.1. The fourth-order valence-electron chi connectivity index (χ4n) is 5.48. The number of hydrogen-bond donors (Lipinski definition) is 2. The quantitative estimate of drug-likeness (QED) is 0.608. The van der Waals surface area contributed by atoms with E-state index in [4.69, 9.17) is 4.98 Å². The molecule has 3 aromatic rings. The largest absolute Gasteiger partial charge is 0.325 e. The van der Waals surface area contributed by atoms with Crippen LogP contribution in [0.1, 0.15) is 36.0 Å². The summed E-state index contributed by atoms with van der Waals surface area (Å²) in [5.74, 6) is -0.940. The minimum absolute atomic E-state index is 0.0284. The molecule has 5 rings (SSSR count). The normalized spacial score (nSPS) is 23.5. The van der Waals surface area contributed by atoms with Crippen LogP contribution in [0.2, 0.25) is 0 Å². The first kappa shape index (κ1) is 21.6. The van der Waals surface area contributed by atoms with Crippen molar-refractivity contribution < 1.29 is 9.18 Å². The minimum Gasteiger partial charge on any atom is -0.313 e. The molecule has 34 heavy (non-hydrogen) atoms. The summed E-state index contributed by atoms with van der Waals surface area (Å²) >= 11 is 0. The molecule has 1 aromatic carbocycles. The van der Waals surface area contributed by atoms with E-state index >= 15 is 0 Å². The number of H-pyrrole nitrogens is 2. The van der Waals surface area contributed by atoms with Gasteiger partial charge in [0.15, 0.2) is 5.78 Å². The summed E-state index contributed by atoms with van der Waals surface area (Å²) in [6.07, 6.45) is 4.03. The van der Waals surface area contributed by atoms with Gasteiger partial charge in [-0.15, -0.1) is 0 Å². The number of benzene rings is 1. The van der Waals surface area contributed by atoms with Crippen LogP contribution in [-0.4, -0.2) is 25.7 Å². The van der Waals surface area contributed by atoms with Gasteiger partial charge >= 0.3 is 5.69 Å². The van der Waals surface area contributed by atoms with Crippen molar-refractivity contribution >= 4 is 5.78 Å². The van der Waals surface area contributed by atoms with E-state index in [0.717, 1.165) is 0 Å². The lowest BCUT2D eigenvalue weighted by atomic mass is 9.54. The predicted molar refractivity (Wildman–Crippen MR) is 120 cm³/mol. The van der Waals surface area contributed by atoms with Gasteiger partial charge in [-0.1, -0.05) is 19.1 Å². The number of aromatic nitrogens is 4. The summed E-state index contributed by atoms with van der Waals surface area (Å²) < 4.78 is 13.9. The molecule has 0 spiro atoms. The number of ketones is 1. The second kappa shape index (κ2) is 7.70. The fraction of sp³-hybridized carbons (Fsp3) is 0.280. The Kier molecular flexibility index (Phi) is 4.90. The summed E-state index contributed by atoms with van der Waals surface area (Å²) in [5.41, 5.74) is 0.382. The summed E-state index contributed by atoms with van der Waals surface area (Å²) in [6.45, 7) is 3.50. The Morgan fingerprint density at radius 2 is 1.91 bits per heavy atom. The number of hydrogen-bond acceptors (Lipinski definition) is 6. The van der Waals surface area contributed by atoms with Gasteiger partial charge in [-0.05, 0) is 49.5 Å². The van der Waals surface area contributed by atoms with Crippen molar-refractivity contribution in [2.45, 2.75) is 32.1 Å². The monoisotopic (exact) mass is 457 g/mol. The number of rotatable bonds is 2. The van der Waals surface area contributed by atoms with Gasteiger partial charge in [0.25, 0.3) is 5.56 Å². The lowest BCUT2D eigenvalue weighted by molar-refractivity contribution is -0.121. The first-order chi connectivity index (χ1) is 16.3. The van der Waals surface area contributed by atoms with Crippen LogP contribution in [-0.2, 0) is 16.6 Å². The Hall–Kier alpha value is -4.19. The van der Waals surface area contributed by atoms with Crippen LogP contribution >= 0.6 is 0 Å². The van der Waals surface area contributed by atoms with Crippen molar-refractivity contribution in [1.82, 2.24) is 19.9 Å². The highest BCUT2D eigenvalue weighted by Gasteiger charge is 2.53. The summed E-state index contributed by atoms with van der Waals surface area (Å²) in [6, 6.07) is 8.02. The Labute approximate surface area is 193 Å². The number of halogens is 1. The molecule has 2 heterocycles. The van der Waals surface area contributed by atoms with E-state index in [1.807, 2.05) is 13.0 Å². The van der Waals surface area contributed by atoms with E-state index in [1.54, 1.807) is 25.1 Å².